The van der Waals surface area contributed by atoms with Gasteiger partial charge in [0.15, 0.2) is 11.5 Å². The summed E-state index contributed by atoms with van der Waals surface area (Å²) in [6.07, 6.45) is 1.35. The summed E-state index contributed by atoms with van der Waals surface area (Å²) in [7, 11) is 0. The second-order valence-electron chi connectivity index (χ2n) is 5.90. The van der Waals surface area contributed by atoms with Crippen LogP contribution in [0.1, 0.15) is 34.1 Å². The van der Waals surface area contributed by atoms with Crippen molar-refractivity contribution in [3.05, 3.63) is 73.7 Å². The number of aryl methyl sites for hydroxylation is 2. The van der Waals surface area contributed by atoms with E-state index in [4.69, 9.17) is 21.4 Å². The fourth-order valence-electron chi connectivity index (χ4n) is 2.48. The molecule has 0 aliphatic heterocycles. The van der Waals surface area contributed by atoms with Crippen molar-refractivity contribution in [2.45, 2.75) is 33.2 Å². The molecule has 8 heteroatoms. The van der Waals surface area contributed by atoms with Gasteiger partial charge in [-0.25, -0.2) is 4.68 Å². The summed E-state index contributed by atoms with van der Waals surface area (Å²) in [4.78, 5) is 16.6. The summed E-state index contributed by atoms with van der Waals surface area (Å²) in [5.41, 5.74) is 2.13. The highest BCUT2D eigenvalue weighted by Gasteiger charge is 2.14. The first-order valence-electron chi connectivity index (χ1n) is 8.02. The minimum Gasteiger partial charge on any atom is -0.337 e. The normalized spacial score (nSPS) is 10.7. The highest BCUT2D eigenvalue weighted by molar-refractivity contribution is 6.30. The number of halogens is 1. The quantitative estimate of drug-likeness (QED) is 0.685. The van der Waals surface area contributed by atoms with Crippen molar-refractivity contribution >= 4 is 11.6 Å². The van der Waals surface area contributed by atoms with E-state index in [1.54, 1.807) is 13.8 Å². The van der Waals surface area contributed by atoms with Gasteiger partial charge in [0.2, 0.25) is 5.89 Å². The Bertz CT molecular complexity index is 1030. The Morgan fingerprint density at radius 1 is 1.19 bits per heavy atom. The number of nitrogens with zero attached hydrogens (tertiary/aromatic N) is 5. The van der Waals surface area contributed by atoms with Crippen molar-refractivity contribution in [2.75, 3.05) is 0 Å². The van der Waals surface area contributed by atoms with Crippen LogP contribution in [0.25, 0.3) is 0 Å². The number of benzene rings is 1. The van der Waals surface area contributed by atoms with Gasteiger partial charge in [0.1, 0.15) is 12.6 Å². The summed E-state index contributed by atoms with van der Waals surface area (Å²) in [6, 6.07) is 9.56. The second-order valence-corrected chi connectivity index (χ2v) is 6.34. The zero-order valence-electron chi connectivity index (χ0n) is 14.4. The Morgan fingerprint density at radius 2 is 1.92 bits per heavy atom. The Kier molecular flexibility index (Phi) is 5.14. The van der Waals surface area contributed by atoms with Gasteiger partial charge in [-0.1, -0.05) is 28.9 Å². The maximum Gasteiger partial charge on any atom is 0.270 e. The van der Waals surface area contributed by atoms with E-state index in [1.165, 1.54) is 4.68 Å². The number of hydrogen-bond donors (Lipinski definition) is 0. The first kappa shape index (κ1) is 17.8. The Balaban J connectivity index is 1.73. The van der Waals surface area contributed by atoms with Crippen LogP contribution < -0.4 is 5.56 Å². The predicted octanol–water partition coefficient (Wildman–Crippen LogP) is 2.60. The first-order chi connectivity index (χ1) is 12.5. The molecule has 132 valence electrons. The van der Waals surface area contributed by atoms with Crippen molar-refractivity contribution in [3.63, 3.8) is 0 Å². The monoisotopic (exact) mass is 369 g/mol. The van der Waals surface area contributed by atoms with Gasteiger partial charge < -0.3 is 4.52 Å². The van der Waals surface area contributed by atoms with E-state index in [0.717, 1.165) is 12.0 Å². The van der Waals surface area contributed by atoms with Crippen LogP contribution in [-0.4, -0.2) is 19.9 Å². The van der Waals surface area contributed by atoms with Crippen LogP contribution in [0.3, 0.4) is 0 Å². The topological polar surface area (TPSA) is 97.6 Å². The third-order valence-electron chi connectivity index (χ3n) is 4.15. The minimum atomic E-state index is -0.276. The van der Waals surface area contributed by atoms with Crippen molar-refractivity contribution in [3.8, 4) is 6.07 Å². The molecular formula is C18H16ClN5O2. The summed E-state index contributed by atoms with van der Waals surface area (Å²) < 4.78 is 6.39. The summed E-state index contributed by atoms with van der Waals surface area (Å²) in [5.74, 6) is 0.824. The van der Waals surface area contributed by atoms with E-state index in [1.807, 2.05) is 30.3 Å². The summed E-state index contributed by atoms with van der Waals surface area (Å²) >= 11 is 5.87. The van der Waals surface area contributed by atoms with E-state index in [-0.39, 0.29) is 23.7 Å². The fraction of sp³-hybridized carbons (Fsp3) is 0.278. The molecule has 2 aromatic heterocycles. The average Bonchev–Trinajstić information content (AvgIpc) is 3.09. The van der Waals surface area contributed by atoms with E-state index in [9.17, 15) is 4.79 Å². The summed E-state index contributed by atoms with van der Waals surface area (Å²) in [6.45, 7) is 3.40. The molecule has 0 bridgehead atoms. The summed E-state index contributed by atoms with van der Waals surface area (Å²) in [5, 5.41) is 17.8. The molecule has 0 aliphatic rings. The fourth-order valence-corrected chi connectivity index (χ4v) is 2.60. The maximum absolute atomic E-state index is 12.3. The van der Waals surface area contributed by atoms with Crippen molar-refractivity contribution in [1.29, 1.82) is 5.26 Å². The van der Waals surface area contributed by atoms with Crippen LogP contribution in [-0.2, 0) is 19.4 Å². The van der Waals surface area contributed by atoms with Crippen LogP contribution in [0.4, 0.5) is 0 Å². The lowest BCUT2D eigenvalue weighted by Crippen LogP contribution is -2.27. The van der Waals surface area contributed by atoms with Crippen LogP contribution >= 0.6 is 11.6 Å². The number of nitriles is 1. The largest absolute Gasteiger partial charge is 0.337 e. The van der Waals surface area contributed by atoms with Crippen LogP contribution in [0, 0.1) is 25.2 Å². The van der Waals surface area contributed by atoms with Gasteiger partial charge >= 0.3 is 0 Å². The zero-order chi connectivity index (χ0) is 18.7. The van der Waals surface area contributed by atoms with Crippen LogP contribution in [0.15, 0.2) is 33.6 Å². The van der Waals surface area contributed by atoms with Crippen LogP contribution in [0.2, 0.25) is 5.02 Å². The van der Waals surface area contributed by atoms with E-state index < -0.39 is 0 Å². The highest BCUT2D eigenvalue weighted by Crippen LogP contribution is 2.12. The predicted molar refractivity (Wildman–Crippen MR) is 94.9 cm³/mol. The molecule has 0 amide bonds. The van der Waals surface area contributed by atoms with Crippen molar-refractivity contribution < 1.29 is 4.52 Å². The number of aromatic nitrogens is 4. The number of hydrogen-bond acceptors (Lipinski definition) is 6. The molecule has 26 heavy (non-hydrogen) atoms. The molecule has 7 nitrogen and oxygen atoms in total. The first-order valence-corrected chi connectivity index (χ1v) is 8.40. The lowest BCUT2D eigenvalue weighted by Gasteiger charge is -2.06. The van der Waals surface area contributed by atoms with E-state index in [2.05, 4.69) is 15.2 Å². The van der Waals surface area contributed by atoms with Crippen LogP contribution in [0.5, 0.6) is 0 Å². The molecule has 0 saturated carbocycles. The molecule has 3 aromatic rings. The molecule has 0 saturated heterocycles. The van der Waals surface area contributed by atoms with E-state index >= 15 is 0 Å². The lowest BCUT2D eigenvalue weighted by molar-refractivity contribution is 0.358. The molecule has 0 unspecified atom stereocenters. The molecule has 0 spiro atoms. The van der Waals surface area contributed by atoms with Gasteiger partial charge in [-0.15, -0.1) is 0 Å². The Hall–Kier alpha value is -2.98. The molecule has 0 N–H and O–H groups in total. The van der Waals surface area contributed by atoms with E-state index in [0.29, 0.717) is 28.4 Å². The molecule has 0 aliphatic carbocycles. The zero-order valence-corrected chi connectivity index (χ0v) is 15.1. The third-order valence-corrected chi connectivity index (χ3v) is 4.40. The maximum atomic E-state index is 12.3. The van der Waals surface area contributed by atoms with Crippen molar-refractivity contribution in [2.24, 2.45) is 0 Å². The van der Waals surface area contributed by atoms with Crippen molar-refractivity contribution in [1.82, 2.24) is 19.9 Å². The molecule has 2 heterocycles. The average molecular weight is 370 g/mol. The lowest BCUT2D eigenvalue weighted by atomic mass is 10.1. The van der Waals surface area contributed by atoms with Gasteiger partial charge in [-0.3, -0.25) is 4.79 Å². The molecule has 3 rings (SSSR count). The minimum absolute atomic E-state index is 0.0303. The SMILES string of the molecule is Cc1c(C#N)nn(Cc2nc(CCc3ccc(Cl)cc3)no2)c(=O)c1C. The number of rotatable bonds is 5. The second kappa shape index (κ2) is 7.50. The third kappa shape index (κ3) is 3.81. The highest BCUT2D eigenvalue weighted by atomic mass is 35.5. The smallest absolute Gasteiger partial charge is 0.270 e. The Morgan fingerprint density at radius 3 is 2.62 bits per heavy atom. The Labute approximate surface area is 154 Å². The molecule has 0 radical (unpaired) electrons. The van der Waals surface area contributed by atoms with Gasteiger partial charge in [0, 0.05) is 17.0 Å². The molecule has 0 atom stereocenters. The van der Waals surface area contributed by atoms with Gasteiger partial charge in [-0.2, -0.15) is 15.3 Å². The molecule has 1 aromatic carbocycles. The van der Waals surface area contributed by atoms with Gasteiger partial charge in [0.05, 0.1) is 0 Å². The van der Waals surface area contributed by atoms with Gasteiger partial charge in [-0.05, 0) is 43.5 Å². The standard InChI is InChI=1S/C18H16ClN5O2/c1-11-12(2)18(25)24(22-15(11)9-20)10-17-21-16(23-26-17)8-5-13-3-6-14(19)7-4-13/h3-4,6-7H,5,8,10H2,1-2H3. The molecule has 0 fully saturated rings. The molecular weight excluding hydrogens is 354 g/mol. The van der Waals surface area contributed by atoms with Gasteiger partial charge in [0.25, 0.3) is 5.56 Å².